The molecule has 0 spiro atoms. The number of nitrogens with zero attached hydrogens (tertiary/aromatic N) is 2. The molecule has 3 aromatic carbocycles. The molecule has 0 amide bonds. The third kappa shape index (κ3) is 2.91. The molecule has 0 atom stereocenters. The van der Waals surface area contributed by atoms with Crippen LogP contribution in [0.15, 0.2) is 69.3 Å². The average molecular weight is 362 g/mol. The van der Waals surface area contributed by atoms with Crippen molar-refractivity contribution in [1.82, 2.24) is 0 Å². The van der Waals surface area contributed by atoms with Crippen LogP contribution in [0, 0.1) is 0 Å². The number of benzene rings is 3. The van der Waals surface area contributed by atoms with E-state index < -0.39 is 0 Å². The number of halogens is 2. The molecule has 0 bridgehead atoms. The Morgan fingerprint density at radius 1 is 0.905 bits per heavy atom. The van der Waals surface area contributed by atoms with Crippen LogP contribution in [0.1, 0.15) is 0 Å². The van der Waals surface area contributed by atoms with E-state index in [9.17, 15) is 5.11 Å². The van der Waals surface area contributed by atoms with Crippen molar-refractivity contribution < 1.29 is 5.11 Å². The van der Waals surface area contributed by atoms with Crippen LogP contribution in [-0.2, 0) is 0 Å². The van der Waals surface area contributed by atoms with E-state index in [1.807, 2.05) is 36.4 Å². The highest BCUT2D eigenvalue weighted by atomic mass is 79.9. The van der Waals surface area contributed by atoms with E-state index in [2.05, 4.69) is 26.2 Å². The molecule has 21 heavy (non-hydrogen) atoms. The van der Waals surface area contributed by atoms with Crippen molar-refractivity contribution in [3.05, 3.63) is 64.1 Å². The number of aromatic hydroxyl groups is 1. The summed E-state index contributed by atoms with van der Waals surface area (Å²) in [6, 6.07) is 16.3. The Labute approximate surface area is 135 Å². The van der Waals surface area contributed by atoms with Gasteiger partial charge >= 0.3 is 0 Å². The highest BCUT2D eigenvalue weighted by Crippen LogP contribution is 2.34. The molecular formula is C16H10BrClN2O. The van der Waals surface area contributed by atoms with Crippen LogP contribution >= 0.6 is 27.5 Å². The predicted molar refractivity (Wildman–Crippen MR) is 88.9 cm³/mol. The van der Waals surface area contributed by atoms with E-state index >= 15 is 0 Å². The quantitative estimate of drug-likeness (QED) is 0.529. The molecular weight excluding hydrogens is 352 g/mol. The van der Waals surface area contributed by atoms with Gasteiger partial charge in [-0.3, -0.25) is 0 Å². The molecule has 3 nitrogen and oxygen atoms in total. The van der Waals surface area contributed by atoms with Crippen LogP contribution in [0.4, 0.5) is 11.4 Å². The number of azo groups is 1. The van der Waals surface area contributed by atoms with Crippen molar-refractivity contribution in [2.24, 2.45) is 10.2 Å². The van der Waals surface area contributed by atoms with Gasteiger partial charge in [0, 0.05) is 15.2 Å². The van der Waals surface area contributed by atoms with Crippen molar-refractivity contribution in [2.75, 3.05) is 0 Å². The second kappa shape index (κ2) is 5.84. The highest BCUT2D eigenvalue weighted by Gasteiger charge is 2.04. The summed E-state index contributed by atoms with van der Waals surface area (Å²) >= 11 is 9.36. The summed E-state index contributed by atoms with van der Waals surface area (Å²) in [5, 5.41) is 20.5. The van der Waals surface area contributed by atoms with E-state index in [1.165, 1.54) is 0 Å². The molecule has 0 aliphatic rings. The van der Waals surface area contributed by atoms with Crippen LogP contribution in [0.3, 0.4) is 0 Å². The maximum Gasteiger partial charge on any atom is 0.123 e. The van der Waals surface area contributed by atoms with E-state index in [0.29, 0.717) is 16.4 Å². The standard InChI is InChI=1S/C16H10BrClN2O/c17-13-6-5-10(9-14(13)18)19-20-15-7-8-16(21)12-4-2-1-3-11(12)15/h1-9,21H. The molecule has 3 rings (SSSR count). The number of hydrogen-bond donors (Lipinski definition) is 1. The third-order valence-corrected chi connectivity index (χ3v) is 4.29. The Hall–Kier alpha value is -1.91. The van der Waals surface area contributed by atoms with Crippen LogP contribution in [-0.4, -0.2) is 5.11 Å². The first kappa shape index (κ1) is 14.0. The molecule has 0 heterocycles. The Balaban J connectivity index is 2.03. The van der Waals surface area contributed by atoms with Crippen LogP contribution in [0.2, 0.25) is 5.02 Å². The van der Waals surface area contributed by atoms with Crippen molar-refractivity contribution in [2.45, 2.75) is 0 Å². The molecule has 0 saturated carbocycles. The molecule has 0 saturated heterocycles. The van der Waals surface area contributed by atoms with Gasteiger partial charge in [-0.15, -0.1) is 5.11 Å². The van der Waals surface area contributed by atoms with Crippen molar-refractivity contribution >= 4 is 49.7 Å². The smallest absolute Gasteiger partial charge is 0.123 e. The molecule has 3 aromatic rings. The number of phenols is 1. The molecule has 0 aromatic heterocycles. The fourth-order valence-corrected chi connectivity index (χ4v) is 2.43. The van der Waals surface area contributed by atoms with Gasteiger partial charge in [-0.05, 0) is 46.3 Å². The van der Waals surface area contributed by atoms with E-state index in [4.69, 9.17) is 11.6 Å². The summed E-state index contributed by atoms with van der Waals surface area (Å²) in [4.78, 5) is 0. The van der Waals surface area contributed by atoms with Gasteiger partial charge < -0.3 is 5.11 Å². The number of fused-ring (bicyclic) bond motifs is 1. The minimum absolute atomic E-state index is 0.233. The number of rotatable bonds is 2. The fraction of sp³-hybridized carbons (Fsp3) is 0. The van der Waals surface area contributed by atoms with Gasteiger partial charge in [0.1, 0.15) is 5.75 Å². The first-order valence-corrected chi connectivity index (χ1v) is 7.40. The third-order valence-electron chi connectivity index (χ3n) is 3.05. The molecule has 0 radical (unpaired) electrons. The summed E-state index contributed by atoms with van der Waals surface area (Å²) in [5.74, 6) is 0.233. The minimum Gasteiger partial charge on any atom is -0.507 e. The van der Waals surface area contributed by atoms with E-state index in [0.717, 1.165) is 15.2 Å². The topological polar surface area (TPSA) is 45.0 Å². The second-order valence-electron chi connectivity index (χ2n) is 4.45. The van der Waals surface area contributed by atoms with Gasteiger partial charge in [0.25, 0.3) is 0 Å². The average Bonchev–Trinajstić information content (AvgIpc) is 2.50. The van der Waals surface area contributed by atoms with Gasteiger partial charge in [0.15, 0.2) is 0 Å². The van der Waals surface area contributed by atoms with Crippen LogP contribution in [0.25, 0.3) is 10.8 Å². The molecule has 0 unspecified atom stereocenters. The zero-order chi connectivity index (χ0) is 14.8. The first-order chi connectivity index (χ1) is 10.1. The van der Waals surface area contributed by atoms with Crippen molar-refractivity contribution in [3.63, 3.8) is 0 Å². The maximum absolute atomic E-state index is 9.85. The lowest BCUT2D eigenvalue weighted by molar-refractivity contribution is 0.481. The zero-order valence-corrected chi connectivity index (χ0v) is 13.1. The lowest BCUT2D eigenvalue weighted by Crippen LogP contribution is -1.75. The summed E-state index contributed by atoms with van der Waals surface area (Å²) in [6.45, 7) is 0. The lowest BCUT2D eigenvalue weighted by atomic mass is 10.1. The van der Waals surface area contributed by atoms with Crippen molar-refractivity contribution in [1.29, 1.82) is 0 Å². The summed E-state index contributed by atoms with van der Waals surface area (Å²) in [7, 11) is 0. The molecule has 0 aliphatic heterocycles. The van der Waals surface area contributed by atoms with Gasteiger partial charge in [0.05, 0.1) is 16.4 Å². The van der Waals surface area contributed by atoms with Gasteiger partial charge in [0.2, 0.25) is 0 Å². The normalized spacial score (nSPS) is 11.3. The van der Waals surface area contributed by atoms with Gasteiger partial charge in [-0.2, -0.15) is 5.11 Å². The largest absolute Gasteiger partial charge is 0.507 e. The number of hydrogen-bond acceptors (Lipinski definition) is 3. The summed E-state index contributed by atoms with van der Waals surface area (Å²) in [5.41, 5.74) is 1.36. The Morgan fingerprint density at radius 2 is 1.67 bits per heavy atom. The van der Waals surface area contributed by atoms with Crippen molar-refractivity contribution in [3.8, 4) is 5.75 Å². The van der Waals surface area contributed by atoms with E-state index in [-0.39, 0.29) is 5.75 Å². The number of phenolic OH excluding ortho intramolecular Hbond substituents is 1. The molecule has 5 heteroatoms. The SMILES string of the molecule is Oc1ccc(N=Nc2ccc(Br)c(Cl)c2)c2ccccc12. The van der Waals surface area contributed by atoms with Crippen LogP contribution < -0.4 is 0 Å². The Bertz CT molecular complexity index is 849. The minimum atomic E-state index is 0.233. The second-order valence-corrected chi connectivity index (χ2v) is 5.71. The zero-order valence-electron chi connectivity index (χ0n) is 10.8. The first-order valence-electron chi connectivity index (χ1n) is 6.22. The van der Waals surface area contributed by atoms with Gasteiger partial charge in [-0.25, -0.2) is 0 Å². The predicted octanol–water partition coefficient (Wildman–Crippen LogP) is 6.38. The van der Waals surface area contributed by atoms with Crippen LogP contribution in [0.5, 0.6) is 5.75 Å². The molecule has 0 aliphatic carbocycles. The fourth-order valence-electron chi connectivity index (χ4n) is 2.01. The monoisotopic (exact) mass is 360 g/mol. The van der Waals surface area contributed by atoms with E-state index in [1.54, 1.807) is 18.2 Å². The Morgan fingerprint density at radius 3 is 2.43 bits per heavy atom. The van der Waals surface area contributed by atoms with Gasteiger partial charge in [-0.1, -0.05) is 35.9 Å². The molecule has 104 valence electrons. The maximum atomic E-state index is 9.85. The Kier molecular flexibility index (Phi) is 3.90. The highest BCUT2D eigenvalue weighted by molar-refractivity contribution is 9.10. The molecule has 0 fully saturated rings. The molecule has 1 N–H and O–H groups in total. The summed E-state index contributed by atoms with van der Waals surface area (Å²) in [6.07, 6.45) is 0. The summed E-state index contributed by atoms with van der Waals surface area (Å²) < 4.78 is 0.818. The lowest BCUT2D eigenvalue weighted by Gasteiger charge is -2.03.